The highest BCUT2D eigenvalue weighted by atomic mass is 19.1. The van der Waals surface area contributed by atoms with Crippen molar-refractivity contribution < 1.29 is 23.4 Å². The van der Waals surface area contributed by atoms with E-state index in [1.807, 2.05) is 4.98 Å². The molecule has 0 unspecified atom stereocenters. The van der Waals surface area contributed by atoms with Gasteiger partial charge in [-0.3, -0.25) is 14.3 Å². The van der Waals surface area contributed by atoms with Crippen LogP contribution in [-0.2, 0) is 19.0 Å². The standard InChI is InChI=1S/C11H15FN2O6/c1-18-8(3-4-20-6-9(15)19-2)14-5-7(12)10(16)13-11(14)17/h5,8H,3-4,6H2,1-2H3,(H,13,16,17)/t8-/m0/s1. The van der Waals surface area contributed by atoms with Gasteiger partial charge in [0.2, 0.25) is 5.82 Å². The number of halogens is 1. The SMILES string of the molecule is COC(=O)COCC[C@H](OC)n1cc(F)c(=O)[nH]c1=O. The molecule has 0 amide bonds. The fraction of sp³-hybridized carbons (Fsp3) is 0.545. The second-order valence-corrected chi connectivity index (χ2v) is 3.75. The van der Waals surface area contributed by atoms with Gasteiger partial charge in [-0.2, -0.15) is 4.39 Å². The Morgan fingerprint density at radius 2 is 2.15 bits per heavy atom. The smallest absolute Gasteiger partial charge is 0.331 e. The van der Waals surface area contributed by atoms with Crippen LogP contribution in [-0.4, -0.2) is 43.0 Å². The third-order valence-corrected chi connectivity index (χ3v) is 2.46. The summed E-state index contributed by atoms with van der Waals surface area (Å²) in [6.07, 6.45) is 0.112. The fourth-order valence-corrected chi connectivity index (χ4v) is 1.44. The lowest BCUT2D eigenvalue weighted by Gasteiger charge is -2.17. The third-order valence-electron chi connectivity index (χ3n) is 2.46. The van der Waals surface area contributed by atoms with Crippen LogP contribution in [0.5, 0.6) is 0 Å². The molecule has 20 heavy (non-hydrogen) atoms. The molecule has 112 valence electrons. The highest BCUT2D eigenvalue weighted by molar-refractivity contribution is 5.70. The maximum atomic E-state index is 13.1. The van der Waals surface area contributed by atoms with Crippen molar-refractivity contribution in [2.24, 2.45) is 0 Å². The van der Waals surface area contributed by atoms with Crippen molar-refractivity contribution in [3.05, 3.63) is 32.9 Å². The first-order chi connectivity index (χ1) is 9.49. The van der Waals surface area contributed by atoms with E-state index in [0.29, 0.717) is 0 Å². The van der Waals surface area contributed by atoms with Crippen LogP contribution in [0.1, 0.15) is 12.6 Å². The van der Waals surface area contributed by atoms with E-state index in [1.165, 1.54) is 14.2 Å². The summed E-state index contributed by atoms with van der Waals surface area (Å²) in [6.45, 7) is -0.150. The number of carbonyl (C=O) groups is 1. The van der Waals surface area contributed by atoms with E-state index >= 15 is 0 Å². The summed E-state index contributed by atoms with van der Waals surface area (Å²) in [4.78, 5) is 35.1. The maximum absolute atomic E-state index is 13.1. The van der Waals surface area contributed by atoms with E-state index < -0.39 is 29.3 Å². The number of nitrogens with zero attached hydrogens (tertiary/aromatic N) is 1. The van der Waals surface area contributed by atoms with Crippen molar-refractivity contribution in [3.8, 4) is 0 Å². The Morgan fingerprint density at radius 3 is 2.75 bits per heavy atom. The number of aromatic amines is 1. The van der Waals surface area contributed by atoms with Gasteiger partial charge in [0.15, 0.2) is 0 Å². The molecule has 0 saturated carbocycles. The molecule has 1 atom stereocenters. The predicted octanol–water partition coefficient (Wildman–Crippen LogP) is -0.600. The third kappa shape index (κ3) is 4.28. The van der Waals surface area contributed by atoms with Gasteiger partial charge in [-0.25, -0.2) is 9.59 Å². The molecule has 0 radical (unpaired) electrons. The minimum absolute atomic E-state index is 0.0841. The predicted molar refractivity (Wildman–Crippen MR) is 64.8 cm³/mol. The van der Waals surface area contributed by atoms with Crippen LogP contribution in [0.25, 0.3) is 0 Å². The Labute approximate surface area is 113 Å². The van der Waals surface area contributed by atoms with Gasteiger partial charge in [-0.15, -0.1) is 0 Å². The molecule has 1 rings (SSSR count). The molecule has 0 saturated heterocycles. The minimum atomic E-state index is -1.10. The molecular weight excluding hydrogens is 275 g/mol. The molecule has 0 spiro atoms. The normalized spacial score (nSPS) is 12.2. The van der Waals surface area contributed by atoms with Crippen molar-refractivity contribution in [2.75, 3.05) is 27.4 Å². The van der Waals surface area contributed by atoms with Crippen LogP contribution < -0.4 is 11.2 Å². The van der Waals surface area contributed by atoms with E-state index in [4.69, 9.17) is 9.47 Å². The molecule has 8 nitrogen and oxygen atoms in total. The van der Waals surface area contributed by atoms with Crippen molar-refractivity contribution in [1.29, 1.82) is 0 Å². The van der Waals surface area contributed by atoms with Gasteiger partial charge in [-0.1, -0.05) is 0 Å². The average molecular weight is 290 g/mol. The first kappa shape index (κ1) is 16.1. The van der Waals surface area contributed by atoms with E-state index in [2.05, 4.69) is 4.74 Å². The quantitative estimate of drug-likeness (QED) is 0.532. The summed E-state index contributed by atoms with van der Waals surface area (Å²) in [6, 6.07) is 0. The maximum Gasteiger partial charge on any atom is 0.331 e. The molecule has 1 heterocycles. The van der Waals surface area contributed by atoms with Gasteiger partial charge in [0.25, 0.3) is 5.56 Å². The number of aromatic nitrogens is 2. The number of H-pyrrole nitrogens is 1. The number of rotatable bonds is 7. The molecule has 1 aromatic rings. The van der Waals surface area contributed by atoms with Crippen molar-refractivity contribution in [1.82, 2.24) is 9.55 Å². The van der Waals surface area contributed by atoms with Gasteiger partial charge in [0.05, 0.1) is 19.9 Å². The van der Waals surface area contributed by atoms with Gasteiger partial charge in [0, 0.05) is 13.5 Å². The van der Waals surface area contributed by atoms with E-state index in [0.717, 1.165) is 10.8 Å². The highest BCUT2D eigenvalue weighted by Gasteiger charge is 2.14. The van der Waals surface area contributed by atoms with Crippen LogP contribution in [0.15, 0.2) is 15.8 Å². The number of methoxy groups -OCH3 is 2. The molecule has 0 bridgehead atoms. The molecule has 0 fully saturated rings. The average Bonchev–Trinajstić information content (AvgIpc) is 2.43. The van der Waals surface area contributed by atoms with Crippen LogP contribution in [0.2, 0.25) is 0 Å². The Balaban J connectivity index is 2.67. The fourth-order valence-electron chi connectivity index (χ4n) is 1.44. The van der Waals surface area contributed by atoms with Crippen LogP contribution in [0, 0.1) is 5.82 Å². The number of hydrogen-bond donors (Lipinski definition) is 1. The molecule has 0 aliphatic carbocycles. The highest BCUT2D eigenvalue weighted by Crippen LogP contribution is 2.09. The van der Waals surface area contributed by atoms with Gasteiger partial charge in [-0.05, 0) is 0 Å². The zero-order chi connectivity index (χ0) is 15.1. The largest absolute Gasteiger partial charge is 0.467 e. The lowest BCUT2D eigenvalue weighted by molar-refractivity contribution is -0.146. The van der Waals surface area contributed by atoms with Crippen LogP contribution in [0.4, 0.5) is 4.39 Å². The van der Waals surface area contributed by atoms with Crippen molar-refractivity contribution in [2.45, 2.75) is 12.6 Å². The topological polar surface area (TPSA) is 99.6 Å². The van der Waals surface area contributed by atoms with Gasteiger partial charge >= 0.3 is 11.7 Å². The molecule has 0 aliphatic heterocycles. The number of ether oxygens (including phenoxy) is 3. The first-order valence-corrected chi connectivity index (χ1v) is 5.68. The zero-order valence-corrected chi connectivity index (χ0v) is 11.1. The lowest BCUT2D eigenvalue weighted by atomic mass is 10.4. The molecule has 9 heteroatoms. The van der Waals surface area contributed by atoms with Crippen LogP contribution in [0.3, 0.4) is 0 Å². The zero-order valence-electron chi connectivity index (χ0n) is 11.1. The molecule has 0 aromatic carbocycles. The second kappa shape index (κ2) is 7.56. The van der Waals surface area contributed by atoms with Gasteiger partial charge < -0.3 is 14.2 Å². The van der Waals surface area contributed by atoms with E-state index in [9.17, 15) is 18.8 Å². The summed E-state index contributed by atoms with van der Waals surface area (Å²) in [5.74, 6) is -1.63. The first-order valence-electron chi connectivity index (χ1n) is 5.68. The Morgan fingerprint density at radius 1 is 1.45 bits per heavy atom. The minimum Gasteiger partial charge on any atom is -0.467 e. The summed E-state index contributed by atoms with van der Waals surface area (Å²) < 4.78 is 28.4. The summed E-state index contributed by atoms with van der Waals surface area (Å²) in [5, 5.41) is 0. The number of nitrogens with one attached hydrogen (secondary N) is 1. The monoisotopic (exact) mass is 290 g/mol. The Bertz CT molecular complexity index is 567. The molecule has 1 aromatic heterocycles. The van der Waals surface area contributed by atoms with Gasteiger partial charge in [0.1, 0.15) is 12.8 Å². The summed E-state index contributed by atoms with van der Waals surface area (Å²) >= 11 is 0. The van der Waals surface area contributed by atoms with Crippen molar-refractivity contribution in [3.63, 3.8) is 0 Å². The second-order valence-electron chi connectivity index (χ2n) is 3.75. The number of hydrogen-bond acceptors (Lipinski definition) is 6. The molecule has 0 aliphatic rings. The lowest BCUT2D eigenvalue weighted by Crippen LogP contribution is -2.34. The summed E-state index contributed by atoms with van der Waals surface area (Å²) in [5.41, 5.74) is -1.89. The molecule has 1 N–H and O–H groups in total. The van der Waals surface area contributed by atoms with Crippen molar-refractivity contribution >= 4 is 5.97 Å². The number of esters is 1. The Kier molecular flexibility index (Phi) is 6.07. The summed E-state index contributed by atoms with van der Waals surface area (Å²) in [7, 11) is 2.55. The number of carbonyl (C=O) groups excluding carboxylic acids is 1. The van der Waals surface area contributed by atoms with Crippen LogP contribution >= 0.6 is 0 Å². The molecular formula is C11H15FN2O6. The van der Waals surface area contributed by atoms with E-state index in [-0.39, 0.29) is 19.6 Å². The Hall–Kier alpha value is -2.00. The van der Waals surface area contributed by atoms with E-state index in [1.54, 1.807) is 0 Å².